The first-order chi connectivity index (χ1) is 10.5. The van der Waals surface area contributed by atoms with E-state index in [2.05, 4.69) is 67.9 Å². The van der Waals surface area contributed by atoms with Crippen LogP contribution in [0.3, 0.4) is 0 Å². The van der Waals surface area contributed by atoms with Crippen molar-refractivity contribution >= 4 is 11.8 Å². The Hall–Kier alpha value is -0.770. The van der Waals surface area contributed by atoms with Crippen molar-refractivity contribution in [3.63, 3.8) is 0 Å². The Bertz CT molecular complexity index is 473. The number of piperazine rings is 1. The summed E-state index contributed by atoms with van der Waals surface area (Å²) < 4.78 is 0.239. The van der Waals surface area contributed by atoms with Crippen molar-refractivity contribution in [3.05, 3.63) is 42.5 Å². The van der Waals surface area contributed by atoms with Crippen LogP contribution in [0.15, 0.2) is 41.8 Å². The Balaban J connectivity index is 2.27. The lowest BCUT2D eigenvalue weighted by molar-refractivity contribution is 0.164. The summed E-state index contributed by atoms with van der Waals surface area (Å²) in [4.78, 5) is 4.07. The second-order valence-electron chi connectivity index (χ2n) is 6.92. The fraction of sp³-hybridized carbons (Fsp3) is 0.579. The molecule has 0 unspecified atom stereocenters. The molecule has 1 saturated heterocycles. The van der Waals surface area contributed by atoms with Crippen LogP contribution in [0.5, 0.6) is 0 Å². The molecule has 1 aliphatic heterocycles. The fourth-order valence-electron chi connectivity index (χ4n) is 2.98. The van der Waals surface area contributed by atoms with Crippen LogP contribution < -0.4 is 5.32 Å². The number of hydrogen-bond acceptors (Lipinski definition) is 3. The van der Waals surface area contributed by atoms with E-state index in [4.69, 9.17) is 0 Å². The van der Waals surface area contributed by atoms with Crippen molar-refractivity contribution in [1.29, 1.82) is 0 Å². The summed E-state index contributed by atoms with van der Waals surface area (Å²) in [5, 5.41) is 3.46. The number of nitrogens with one attached hydrogen (secondary N) is 1. The molecule has 1 fully saturated rings. The predicted molar refractivity (Wildman–Crippen MR) is 98.7 cm³/mol. The summed E-state index contributed by atoms with van der Waals surface area (Å²) in [5.41, 5.74) is 1.49. The molecule has 1 aliphatic rings. The Morgan fingerprint density at radius 2 is 1.95 bits per heavy atom. The first-order valence-electron chi connectivity index (χ1n) is 8.35. The monoisotopic (exact) mass is 318 g/mol. The average Bonchev–Trinajstić information content (AvgIpc) is 2.49. The van der Waals surface area contributed by atoms with E-state index in [-0.39, 0.29) is 4.75 Å². The predicted octanol–water partition coefficient (Wildman–Crippen LogP) is 4.49. The SMILES string of the molecule is C=CCC[C@H](c1ccccc1SC(C)(C)C)N1CCNCC1. The Morgan fingerprint density at radius 3 is 2.59 bits per heavy atom. The van der Waals surface area contributed by atoms with Crippen LogP contribution in [0.1, 0.15) is 45.2 Å². The molecule has 0 bridgehead atoms. The second-order valence-corrected chi connectivity index (χ2v) is 8.79. The van der Waals surface area contributed by atoms with Crippen molar-refractivity contribution in [2.45, 2.75) is 49.3 Å². The summed E-state index contributed by atoms with van der Waals surface area (Å²) in [6.45, 7) is 15.2. The van der Waals surface area contributed by atoms with Crippen LogP contribution in [-0.2, 0) is 0 Å². The molecule has 0 spiro atoms. The molecule has 0 aliphatic carbocycles. The van der Waals surface area contributed by atoms with E-state index in [0.717, 1.165) is 39.0 Å². The van der Waals surface area contributed by atoms with E-state index in [0.29, 0.717) is 6.04 Å². The molecule has 3 heteroatoms. The van der Waals surface area contributed by atoms with Crippen LogP contribution in [0.4, 0.5) is 0 Å². The molecule has 2 rings (SSSR count). The van der Waals surface area contributed by atoms with E-state index >= 15 is 0 Å². The highest BCUT2D eigenvalue weighted by molar-refractivity contribution is 8.00. The molecule has 1 N–H and O–H groups in total. The van der Waals surface area contributed by atoms with Crippen LogP contribution in [0.25, 0.3) is 0 Å². The highest BCUT2D eigenvalue weighted by Gasteiger charge is 2.25. The molecule has 1 aromatic carbocycles. The topological polar surface area (TPSA) is 15.3 Å². The van der Waals surface area contributed by atoms with Gasteiger partial charge in [-0.25, -0.2) is 0 Å². The van der Waals surface area contributed by atoms with Gasteiger partial charge < -0.3 is 5.32 Å². The van der Waals surface area contributed by atoms with Gasteiger partial charge in [0, 0.05) is 41.9 Å². The fourth-order valence-corrected chi connectivity index (χ4v) is 4.11. The minimum absolute atomic E-state index is 0.239. The molecule has 1 aromatic rings. The Morgan fingerprint density at radius 1 is 1.27 bits per heavy atom. The van der Waals surface area contributed by atoms with Crippen molar-refractivity contribution < 1.29 is 0 Å². The summed E-state index contributed by atoms with van der Waals surface area (Å²) in [6.07, 6.45) is 4.28. The van der Waals surface area contributed by atoms with Crippen molar-refractivity contribution in [3.8, 4) is 0 Å². The van der Waals surface area contributed by atoms with Crippen molar-refractivity contribution in [1.82, 2.24) is 10.2 Å². The zero-order valence-corrected chi connectivity index (χ0v) is 15.1. The zero-order chi connectivity index (χ0) is 16.0. The van der Waals surface area contributed by atoms with Gasteiger partial charge in [0.25, 0.3) is 0 Å². The quantitative estimate of drug-likeness (QED) is 0.614. The summed E-state index contributed by atoms with van der Waals surface area (Å²) in [5.74, 6) is 0. The summed E-state index contributed by atoms with van der Waals surface area (Å²) in [7, 11) is 0. The van der Waals surface area contributed by atoms with Gasteiger partial charge in [-0.3, -0.25) is 4.90 Å². The van der Waals surface area contributed by atoms with Crippen LogP contribution in [-0.4, -0.2) is 35.8 Å². The number of allylic oxidation sites excluding steroid dienone is 1. The third-order valence-corrected chi connectivity index (χ3v) is 5.13. The van der Waals surface area contributed by atoms with Gasteiger partial charge in [0.05, 0.1) is 0 Å². The molecule has 2 nitrogen and oxygen atoms in total. The largest absolute Gasteiger partial charge is 0.314 e. The van der Waals surface area contributed by atoms with Crippen molar-refractivity contribution in [2.24, 2.45) is 0 Å². The minimum Gasteiger partial charge on any atom is -0.314 e. The molecule has 0 amide bonds. The van der Waals surface area contributed by atoms with E-state index < -0.39 is 0 Å². The van der Waals surface area contributed by atoms with Gasteiger partial charge in [-0.15, -0.1) is 18.3 Å². The smallest absolute Gasteiger partial charge is 0.0363 e. The molecule has 122 valence electrons. The van der Waals surface area contributed by atoms with Crippen LogP contribution in [0, 0.1) is 0 Å². The molecular weight excluding hydrogens is 288 g/mol. The van der Waals surface area contributed by atoms with Gasteiger partial charge in [-0.05, 0) is 24.5 Å². The standard InChI is InChI=1S/C19H30N2S/c1-5-6-10-17(21-14-12-20-13-15-21)16-9-7-8-11-18(16)22-19(2,3)4/h5,7-9,11,17,20H,1,6,10,12-15H2,2-4H3/t17-/m1/s1. The Kier molecular flexibility index (Phi) is 6.54. The highest BCUT2D eigenvalue weighted by atomic mass is 32.2. The highest BCUT2D eigenvalue weighted by Crippen LogP contribution is 2.39. The molecule has 1 heterocycles. The van der Waals surface area contributed by atoms with Crippen LogP contribution in [0.2, 0.25) is 0 Å². The maximum atomic E-state index is 3.92. The number of nitrogens with zero attached hydrogens (tertiary/aromatic N) is 1. The van der Waals surface area contributed by atoms with Crippen LogP contribution >= 0.6 is 11.8 Å². The molecular formula is C19H30N2S. The zero-order valence-electron chi connectivity index (χ0n) is 14.3. The number of thioether (sulfide) groups is 1. The van der Waals surface area contributed by atoms with E-state index in [1.165, 1.54) is 10.5 Å². The first kappa shape index (κ1) is 17.6. The van der Waals surface area contributed by atoms with E-state index in [1.54, 1.807) is 0 Å². The third kappa shape index (κ3) is 5.15. The molecule has 0 radical (unpaired) electrons. The number of rotatable bonds is 6. The lowest BCUT2D eigenvalue weighted by atomic mass is 9.99. The summed E-state index contributed by atoms with van der Waals surface area (Å²) >= 11 is 1.99. The first-order valence-corrected chi connectivity index (χ1v) is 9.16. The lowest BCUT2D eigenvalue weighted by Crippen LogP contribution is -2.45. The molecule has 0 saturated carbocycles. The number of benzene rings is 1. The minimum atomic E-state index is 0.239. The van der Waals surface area contributed by atoms with Gasteiger partial charge in [0.2, 0.25) is 0 Å². The third-order valence-electron chi connectivity index (χ3n) is 3.93. The van der Waals surface area contributed by atoms with Gasteiger partial charge in [0.15, 0.2) is 0 Å². The van der Waals surface area contributed by atoms with Crippen molar-refractivity contribution in [2.75, 3.05) is 26.2 Å². The Labute approximate surface area is 140 Å². The maximum absolute atomic E-state index is 3.92. The van der Waals surface area contributed by atoms with Gasteiger partial charge >= 0.3 is 0 Å². The normalized spacial score (nSPS) is 18.1. The lowest BCUT2D eigenvalue weighted by Gasteiger charge is -2.36. The average molecular weight is 319 g/mol. The van der Waals surface area contributed by atoms with E-state index in [1.807, 2.05) is 11.8 Å². The molecule has 1 atom stereocenters. The molecule has 22 heavy (non-hydrogen) atoms. The summed E-state index contributed by atoms with van der Waals surface area (Å²) in [6, 6.07) is 9.47. The maximum Gasteiger partial charge on any atom is 0.0363 e. The van der Waals surface area contributed by atoms with Gasteiger partial charge in [0.1, 0.15) is 0 Å². The second kappa shape index (κ2) is 8.19. The van der Waals surface area contributed by atoms with Gasteiger partial charge in [-0.2, -0.15) is 0 Å². The van der Waals surface area contributed by atoms with Gasteiger partial charge in [-0.1, -0.05) is 45.0 Å². The molecule has 0 aromatic heterocycles. The number of hydrogen-bond donors (Lipinski definition) is 1. The van der Waals surface area contributed by atoms with E-state index in [9.17, 15) is 0 Å².